The van der Waals surface area contributed by atoms with Crippen LogP contribution in [0.15, 0.2) is 35.3 Å². The summed E-state index contributed by atoms with van der Waals surface area (Å²) in [7, 11) is 0. The highest BCUT2D eigenvalue weighted by molar-refractivity contribution is 6.02. The summed E-state index contributed by atoms with van der Waals surface area (Å²) >= 11 is 0. The van der Waals surface area contributed by atoms with E-state index in [9.17, 15) is 22.8 Å². The van der Waals surface area contributed by atoms with Gasteiger partial charge in [-0.25, -0.2) is 13.2 Å². The van der Waals surface area contributed by atoms with Gasteiger partial charge in [-0.05, 0) is 12.1 Å². The molecule has 2 aromatic rings. The second kappa shape index (κ2) is 4.97. The van der Waals surface area contributed by atoms with Gasteiger partial charge in [0, 0.05) is 18.3 Å². The first kappa shape index (κ1) is 12.9. The molecule has 1 aromatic heterocycles. The highest BCUT2D eigenvalue weighted by Crippen LogP contribution is 2.19. The Bertz CT molecular complexity index is 698. The van der Waals surface area contributed by atoms with Gasteiger partial charge in [0.25, 0.3) is 5.91 Å². The number of aromatic nitrogens is 1. The maximum Gasteiger partial charge on any atom is 0.272 e. The van der Waals surface area contributed by atoms with Crippen LogP contribution in [0.5, 0.6) is 0 Å². The van der Waals surface area contributed by atoms with Crippen molar-refractivity contribution >= 4 is 11.6 Å². The predicted octanol–water partition coefficient (Wildman–Crippen LogP) is 2.04. The number of hydrogen-bond donors (Lipinski definition) is 2. The third kappa shape index (κ3) is 2.65. The predicted molar refractivity (Wildman–Crippen MR) is 61.3 cm³/mol. The lowest BCUT2D eigenvalue weighted by molar-refractivity contribution is 0.102. The third-order valence-corrected chi connectivity index (χ3v) is 2.30. The van der Waals surface area contributed by atoms with Crippen molar-refractivity contribution in [2.45, 2.75) is 0 Å². The maximum atomic E-state index is 13.3. The monoisotopic (exact) mass is 268 g/mol. The molecule has 2 N–H and O–H groups in total. The van der Waals surface area contributed by atoms with Gasteiger partial charge >= 0.3 is 0 Å². The molecule has 7 heteroatoms. The van der Waals surface area contributed by atoms with Crippen LogP contribution in [0.4, 0.5) is 18.9 Å². The molecule has 0 unspecified atom stereocenters. The smallest absolute Gasteiger partial charge is 0.272 e. The molecule has 0 aliphatic heterocycles. The fourth-order valence-corrected chi connectivity index (χ4v) is 1.39. The summed E-state index contributed by atoms with van der Waals surface area (Å²) in [6.45, 7) is 0. The zero-order valence-electron chi connectivity index (χ0n) is 9.34. The van der Waals surface area contributed by atoms with E-state index in [0.29, 0.717) is 6.07 Å². The van der Waals surface area contributed by atoms with Crippen molar-refractivity contribution in [1.29, 1.82) is 0 Å². The van der Waals surface area contributed by atoms with Gasteiger partial charge in [-0.2, -0.15) is 0 Å². The Morgan fingerprint density at radius 2 is 1.84 bits per heavy atom. The molecule has 0 aliphatic carbocycles. The van der Waals surface area contributed by atoms with Crippen LogP contribution in [0, 0.1) is 17.5 Å². The molecule has 0 saturated heterocycles. The van der Waals surface area contributed by atoms with E-state index < -0.39 is 34.5 Å². The van der Waals surface area contributed by atoms with Gasteiger partial charge in [-0.3, -0.25) is 9.59 Å². The van der Waals surface area contributed by atoms with Crippen LogP contribution in [0.1, 0.15) is 10.5 Å². The van der Waals surface area contributed by atoms with E-state index in [2.05, 4.69) is 4.98 Å². The van der Waals surface area contributed by atoms with E-state index >= 15 is 0 Å². The SMILES string of the molecule is O=C(Nc1ccc(F)c(F)c1F)c1cc(=O)cc[nH]1. The number of anilines is 1. The summed E-state index contributed by atoms with van der Waals surface area (Å²) in [6, 6.07) is 3.75. The Morgan fingerprint density at radius 3 is 2.53 bits per heavy atom. The largest absolute Gasteiger partial charge is 0.357 e. The van der Waals surface area contributed by atoms with Crippen molar-refractivity contribution < 1.29 is 18.0 Å². The van der Waals surface area contributed by atoms with Crippen LogP contribution < -0.4 is 10.7 Å². The van der Waals surface area contributed by atoms with Crippen LogP contribution in [-0.2, 0) is 0 Å². The zero-order valence-corrected chi connectivity index (χ0v) is 9.34. The molecule has 1 aromatic carbocycles. The van der Waals surface area contributed by atoms with Crippen LogP contribution in [-0.4, -0.2) is 10.9 Å². The number of nitrogens with one attached hydrogen (secondary N) is 2. The first-order chi connectivity index (χ1) is 8.99. The fourth-order valence-electron chi connectivity index (χ4n) is 1.39. The van der Waals surface area contributed by atoms with E-state index in [1.807, 2.05) is 5.32 Å². The summed E-state index contributed by atoms with van der Waals surface area (Å²) < 4.78 is 39.0. The van der Waals surface area contributed by atoms with Gasteiger partial charge < -0.3 is 10.3 Å². The van der Waals surface area contributed by atoms with E-state index in [4.69, 9.17) is 0 Å². The molecular formula is C12H7F3N2O2. The minimum Gasteiger partial charge on any atom is -0.357 e. The normalized spacial score (nSPS) is 10.3. The second-order valence-electron chi connectivity index (χ2n) is 3.62. The highest BCUT2D eigenvalue weighted by Gasteiger charge is 2.16. The fraction of sp³-hybridized carbons (Fsp3) is 0. The minimum absolute atomic E-state index is 0.128. The molecule has 2 rings (SSSR count). The van der Waals surface area contributed by atoms with E-state index in [1.165, 1.54) is 12.3 Å². The summed E-state index contributed by atoms with van der Waals surface area (Å²) in [4.78, 5) is 25.2. The zero-order chi connectivity index (χ0) is 14.0. The highest BCUT2D eigenvalue weighted by atomic mass is 19.2. The summed E-state index contributed by atoms with van der Waals surface area (Å²) in [5.41, 5.74) is -1.07. The number of carbonyl (C=O) groups excluding carboxylic acids is 1. The number of benzene rings is 1. The van der Waals surface area contributed by atoms with Crippen molar-refractivity contribution in [3.05, 3.63) is 63.8 Å². The van der Waals surface area contributed by atoms with Crippen LogP contribution in [0.3, 0.4) is 0 Å². The lowest BCUT2D eigenvalue weighted by atomic mass is 10.2. The van der Waals surface area contributed by atoms with Crippen LogP contribution in [0.2, 0.25) is 0 Å². The summed E-state index contributed by atoms with van der Waals surface area (Å²) in [5.74, 6) is -5.39. The lowest BCUT2D eigenvalue weighted by Gasteiger charge is -2.07. The van der Waals surface area contributed by atoms with Crippen LogP contribution >= 0.6 is 0 Å². The number of amides is 1. The Balaban J connectivity index is 2.29. The molecule has 4 nitrogen and oxygen atoms in total. The molecule has 0 aliphatic rings. The van der Waals surface area contributed by atoms with Crippen LogP contribution in [0.25, 0.3) is 0 Å². The molecule has 19 heavy (non-hydrogen) atoms. The molecule has 98 valence electrons. The topological polar surface area (TPSA) is 62.0 Å². The van der Waals surface area contributed by atoms with E-state index in [0.717, 1.165) is 12.1 Å². The number of aromatic amines is 1. The number of rotatable bonds is 2. The quantitative estimate of drug-likeness (QED) is 0.819. The van der Waals surface area contributed by atoms with Gasteiger partial charge in [-0.15, -0.1) is 0 Å². The van der Waals surface area contributed by atoms with Gasteiger partial charge in [0.2, 0.25) is 0 Å². The van der Waals surface area contributed by atoms with Crippen molar-refractivity contribution in [2.75, 3.05) is 5.32 Å². The van der Waals surface area contributed by atoms with Gasteiger partial charge in [-0.1, -0.05) is 0 Å². The van der Waals surface area contributed by atoms with Crippen molar-refractivity contribution in [3.63, 3.8) is 0 Å². The summed E-state index contributed by atoms with van der Waals surface area (Å²) in [6.07, 6.45) is 1.23. The number of hydrogen-bond acceptors (Lipinski definition) is 2. The molecule has 0 radical (unpaired) electrons. The van der Waals surface area contributed by atoms with Crippen molar-refractivity contribution in [1.82, 2.24) is 4.98 Å². The number of halogens is 3. The third-order valence-electron chi connectivity index (χ3n) is 2.30. The number of pyridine rings is 1. The first-order valence-electron chi connectivity index (χ1n) is 5.12. The average Bonchev–Trinajstić information content (AvgIpc) is 2.39. The Morgan fingerprint density at radius 1 is 1.11 bits per heavy atom. The Labute approximate surface area is 104 Å². The van der Waals surface area contributed by atoms with Gasteiger partial charge in [0.1, 0.15) is 5.69 Å². The molecular weight excluding hydrogens is 261 g/mol. The molecule has 0 spiro atoms. The number of H-pyrrole nitrogens is 1. The molecule has 0 atom stereocenters. The van der Waals surface area contributed by atoms with Gasteiger partial charge in [0.05, 0.1) is 5.69 Å². The second-order valence-corrected chi connectivity index (χ2v) is 3.62. The van der Waals surface area contributed by atoms with Crippen molar-refractivity contribution in [2.24, 2.45) is 0 Å². The average molecular weight is 268 g/mol. The Kier molecular flexibility index (Phi) is 3.37. The maximum absolute atomic E-state index is 13.3. The first-order valence-corrected chi connectivity index (χ1v) is 5.12. The Hall–Kier alpha value is -2.57. The van der Waals surface area contributed by atoms with E-state index in [-0.39, 0.29) is 5.69 Å². The lowest BCUT2D eigenvalue weighted by Crippen LogP contribution is -2.17. The van der Waals surface area contributed by atoms with Gasteiger partial charge in [0.15, 0.2) is 22.9 Å². The molecule has 1 heterocycles. The molecule has 0 saturated carbocycles. The minimum atomic E-state index is -1.68. The van der Waals surface area contributed by atoms with Crippen molar-refractivity contribution in [3.8, 4) is 0 Å². The van der Waals surface area contributed by atoms with E-state index in [1.54, 1.807) is 0 Å². The molecule has 1 amide bonds. The molecule has 0 fully saturated rings. The summed E-state index contributed by atoms with van der Waals surface area (Å²) in [5, 5.41) is 2.03. The number of carbonyl (C=O) groups is 1. The standard InChI is InChI=1S/C12H7F3N2O2/c13-7-1-2-8(11(15)10(7)14)17-12(19)9-5-6(18)3-4-16-9/h1-5H,(H,16,18)(H,17,19). The molecule has 0 bridgehead atoms.